The van der Waals surface area contributed by atoms with Gasteiger partial charge in [-0.25, -0.2) is 4.79 Å². The summed E-state index contributed by atoms with van der Waals surface area (Å²) in [5.74, 6) is -8.04. The molecule has 0 aromatic heterocycles. The van der Waals surface area contributed by atoms with Gasteiger partial charge >= 0.3 is 5.97 Å². The first kappa shape index (κ1) is 83.2. The number of hydrogen-bond acceptors (Lipinski definition) is 26. The Kier molecular flexibility index (Phi) is 25.2. The van der Waals surface area contributed by atoms with Crippen LogP contribution >= 0.6 is 0 Å². The molecule has 0 saturated carbocycles. The highest BCUT2D eigenvalue weighted by Crippen LogP contribution is 2.55. The number of imide groups is 1. The summed E-state index contributed by atoms with van der Waals surface area (Å²) in [4.78, 5) is 40.6. The Bertz CT molecular complexity index is 5370. The number of ether oxygens (including phenoxy) is 5. The van der Waals surface area contributed by atoms with Gasteiger partial charge in [-0.2, -0.15) is 71.9 Å². The number of anilines is 1. The summed E-state index contributed by atoms with van der Waals surface area (Å²) in [6.07, 6.45) is 2.59. The van der Waals surface area contributed by atoms with Gasteiger partial charge in [-0.3, -0.25) is 46.0 Å². The van der Waals surface area contributed by atoms with E-state index in [9.17, 15) is 118 Å². The van der Waals surface area contributed by atoms with Gasteiger partial charge in [0.1, 0.15) is 33.6 Å². The van der Waals surface area contributed by atoms with Gasteiger partial charge in [-0.1, -0.05) is 12.1 Å². The van der Waals surface area contributed by atoms with Crippen molar-refractivity contribution in [2.75, 3.05) is 88.3 Å². The fourth-order valence-electron chi connectivity index (χ4n) is 12.6. The average Bonchev–Trinajstić information content (AvgIpc) is 1.57. The number of fused-ring (bicyclic) bond motifs is 6. The fourth-order valence-corrected chi connectivity index (χ4v) is 17.3. The van der Waals surface area contributed by atoms with E-state index in [-0.39, 0.29) is 124 Å². The molecular formula is C61H72N3O33S8+. The summed E-state index contributed by atoms with van der Waals surface area (Å²) in [6.45, 7) is -0.473. The molecule has 2 amide bonds. The minimum atomic E-state index is -5.37. The third-order valence-electron chi connectivity index (χ3n) is 17.2. The Balaban J connectivity index is 1.54. The number of benzene rings is 5. The Hall–Kier alpha value is -7.48. The van der Waals surface area contributed by atoms with Crippen LogP contribution in [0.25, 0.3) is 27.1 Å². The molecule has 3 aliphatic heterocycles. The molecule has 0 radical (unpaired) electrons. The van der Waals surface area contributed by atoms with Crippen LogP contribution < -0.4 is 19.1 Å². The third kappa shape index (κ3) is 20.2. The summed E-state index contributed by atoms with van der Waals surface area (Å²) in [6, 6.07) is 10.0. The maximum absolute atomic E-state index is 13.3. The van der Waals surface area contributed by atoms with Crippen LogP contribution in [0.1, 0.15) is 81.9 Å². The van der Waals surface area contributed by atoms with Crippen molar-refractivity contribution in [3.63, 3.8) is 0 Å². The predicted octanol–water partition coefficient (Wildman–Crippen LogP) is 4.57. The summed E-state index contributed by atoms with van der Waals surface area (Å²) in [5.41, 5.74) is -3.41. The zero-order chi connectivity index (χ0) is 78.0. The summed E-state index contributed by atoms with van der Waals surface area (Å²) in [7, 11) is -37.8. The van der Waals surface area contributed by atoms with Crippen LogP contribution in [0.2, 0.25) is 0 Å². The normalized spacial score (nSPS) is 18.3. The predicted molar refractivity (Wildman–Crippen MR) is 371 cm³/mol. The molecule has 105 heavy (non-hydrogen) atoms. The number of methoxy groups -OCH3 is 2. The van der Waals surface area contributed by atoms with Gasteiger partial charge in [0.15, 0.2) is 12.3 Å². The van der Waals surface area contributed by atoms with Crippen LogP contribution in [-0.2, 0) is 120 Å². The van der Waals surface area contributed by atoms with Crippen molar-refractivity contribution < 1.29 is 151 Å². The van der Waals surface area contributed by atoms with Crippen LogP contribution in [0.5, 0.6) is 17.2 Å². The number of carbonyl (C=O) groups is 3. The molecule has 2 atom stereocenters. The monoisotopic (exact) mass is 1630 g/mol. The molecule has 8 N–H and O–H groups in total. The van der Waals surface area contributed by atoms with Gasteiger partial charge in [0.05, 0.1) is 57.0 Å². The number of nitrogens with zero attached hydrogens (tertiary/aromatic N) is 3. The Morgan fingerprint density at radius 2 is 1.01 bits per heavy atom. The first-order chi connectivity index (χ1) is 48.5. The highest BCUT2D eigenvalue weighted by atomic mass is 32.2. The van der Waals surface area contributed by atoms with Gasteiger partial charge < -0.3 is 33.4 Å². The summed E-state index contributed by atoms with van der Waals surface area (Å²) in [5, 5.41) is -0.880. The number of hydroxylamine groups is 2. The minimum Gasteiger partial charge on any atom is -0.493 e. The number of hydrogen-bond donors (Lipinski definition) is 8. The molecule has 36 nitrogen and oxygen atoms in total. The number of amides is 2. The van der Waals surface area contributed by atoms with Crippen LogP contribution in [0.15, 0.2) is 110 Å². The number of rotatable bonds is 36. The summed E-state index contributed by atoms with van der Waals surface area (Å²) >= 11 is 0. The van der Waals surface area contributed by atoms with Crippen molar-refractivity contribution >= 4 is 143 Å². The maximum Gasteiger partial charge on any atom is 0.370 e. The zero-order valence-corrected chi connectivity index (χ0v) is 62.4. The van der Waals surface area contributed by atoms with Gasteiger partial charge in [-0.15, -0.1) is 5.06 Å². The van der Waals surface area contributed by atoms with E-state index in [4.69, 9.17) is 28.5 Å². The molecule has 0 bridgehead atoms. The second-order valence-electron chi connectivity index (χ2n) is 24.6. The van der Waals surface area contributed by atoms with Crippen molar-refractivity contribution in [2.45, 2.75) is 95.6 Å². The minimum absolute atomic E-state index is 0.0514. The van der Waals surface area contributed by atoms with Crippen LogP contribution in [0.3, 0.4) is 0 Å². The topological polar surface area (TPSA) is 551 Å². The van der Waals surface area contributed by atoms with Gasteiger partial charge in [0.2, 0.25) is 5.69 Å². The number of carbonyl (C=O) groups excluding carboxylic acids is 3. The van der Waals surface area contributed by atoms with E-state index in [1.165, 1.54) is 72.3 Å². The molecular weight excluding hydrogens is 1560 g/mol. The molecule has 1 fully saturated rings. The molecule has 5 aromatic rings. The second-order valence-corrected chi connectivity index (χ2v) is 36.5. The zero-order valence-electron chi connectivity index (χ0n) is 55.9. The highest BCUT2D eigenvalue weighted by Gasteiger charge is 2.50. The first-order valence-corrected chi connectivity index (χ1v) is 43.3. The van der Waals surface area contributed by atoms with E-state index in [1.807, 2.05) is 0 Å². The van der Waals surface area contributed by atoms with Crippen molar-refractivity contribution in [1.82, 2.24) is 5.06 Å². The standard InChI is InChI=1S/C61H71N3O33S8/c1-60(19-25-92-3)52(62(21-5-27-98(68,69)70)46-13-11-42-44(58(46)60)33-40(102(80,81)82)35-50(42)104(86,87)88)15-9-38(57-48(94-23-7-29-100(74,75)76)31-39(32-49(57)95-24-8-30-101(77,78)79)96-37-56(67)97-64-54(65)17-18-55(64)66)10-16-53-61(2,20-26-93-4)59-45-34-41(103(83,84)85)36-51(105(89,90)91)43(45)12-14-47(59)63(53)22-6-28-99(71,72)73/h9-16,31-36H,5-8,17-30,37H2,1-4H3,(H7-,68,69,70,71,72,73,74,75,76,77,78,79,80,81,82,83,84,85,86,87,88,89,90,91)/p+1. The van der Waals surface area contributed by atoms with Crippen molar-refractivity contribution in [3.8, 4) is 17.2 Å². The van der Waals surface area contributed by atoms with Crippen LogP contribution in [0, 0.1) is 0 Å². The molecule has 1 saturated heterocycles. The Morgan fingerprint density at radius 1 is 0.543 bits per heavy atom. The van der Waals surface area contributed by atoms with E-state index in [0.717, 1.165) is 24.3 Å². The van der Waals surface area contributed by atoms with E-state index >= 15 is 0 Å². The van der Waals surface area contributed by atoms with E-state index in [0.29, 0.717) is 12.1 Å². The maximum atomic E-state index is 13.3. The Morgan fingerprint density at radius 3 is 1.49 bits per heavy atom. The number of allylic oxidation sites excluding steroid dienone is 6. The van der Waals surface area contributed by atoms with Crippen molar-refractivity contribution in [3.05, 3.63) is 107 Å². The van der Waals surface area contributed by atoms with Crippen molar-refractivity contribution in [2.24, 2.45) is 0 Å². The van der Waals surface area contributed by atoms with E-state index in [1.54, 1.807) is 13.8 Å². The molecule has 0 aliphatic carbocycles. The van der Waals surface area contributed by atoms with Gasteiger partial charge in [-0.05, 0) is 116 Å². The molecule has 5 aromatic carbocycles. The lowest BCUT2D eigenvalue weighted by Gasteiger charge is -2.31. The molecule has 8 rings (SSSR count). The lowest BCUT2D eigenvalue weighted by Crippen LogP contribution is -2.33. The second kappa shape index (κ2) is 31.8. The molecule has 0 spiro atoms. The SMILES string of the molecule is COCCC1(C)C(/C=C/C(=C/C=C2/N(CCCS(=O)(=O)O)c3ccc4c(S(=O)(=O)O)cc(S(=O)(=O)O)cc4c3C2(C)CCOC)c2c(OCCCS(=O)(=O)O)cc(OCC(=O)ON3C(=O)CCC3=O)cc2OCCCS(=O)(=O)O)=[N+](CCCS(=O)(=O)O)c2ccc3c(S(=O)(=O)O)cc(S(=O)(=O)O)cc3c21. The van der Waals surface area contributed by atoms with Crippen LogP contribution in [-0.4, -0.2) is 220 Å². The fraction of sp³-hybridized carbons (Fsp3) is 0.410. The smallest absolute Gasteiger partial charge is 0.370 e. The Labute approximate surface area is 603 Å². The highest BCUT2D eigenvalue weighted by molar-refractivity contribution is 7.88. The van der Waals surface area contributed by atoms with Crippen molar-refractivity contribution in [1.29, 1.82) is 0 Å². The van der Waals surface area contributed by atoms with Crippen LogP contribution in [0.4, 0.5) is 11.4 Å². The van der Waals surface area contributed by atoms with Gasteiger partial charge in [0, 0.05) is 111 Å². The molecule has 576 valence electrons. The molecule has 44 heteroatoms. The first-order valence-electron chi connectivity index (χ1n) is 31.1. The third-order valence-corrected chi connectivity index (χ3v) is 23.8. The summed E-state index contributed by atoms with van der Waals surface area (Å²) < 4.78 is 316. The lowest BCUT2D eigenvalue weighted by molar-refractivity contribution is -0.437. The van der Waals surface area contributed by atoms with Gasteiger partial charge in [0.25, 0.3) is 92.8 Å². The molecule has 3 aliphatic rings. The van der Waals surface area contributed by atoms with E-state index < -0.39 is 215 Å². The lowest BCUT2D eigenvalue weighted by atomic mass is 9.74. The molecule has 3 heterocycles. The van der Waals surface area contributed by atoms with E-state index in [2.05, 4.69) is 0 Å². The largest absolute Gasteiger partial charge is 0.493 e. The quantitative estimate of drug-likeness (QED) is 0.00895. The molecule has 2 unspecified atom stereocenters. The average molecular weight is 1630 g/mol.